The number of amides is 9. The summed E-state index contributed by atoms with van der Waals surface area (Å²) in [6.07, 6.45) is 4.62. The predicted octanol–water partition coefficient (Wildman–Crippen LogP) is 3.26. The molecule has 29 heteroatoms. The van der Waals surface area contributed by atoms with Gasteiger partial charge in [-0.3, -0.25) is 43.2 Å². The molecule has 20 N–H and O–H groups in total. The van der Waals surface area contributed by atoms with Crippen molar-refractivity contribution >= 4 is 81.9 Å². The lowest BCUT2D eigenvalue weighted by Crippen LogP contribution is -2.51. The predicted molar refractivity (Wildman–Crippen MR) is 362 cm³/mol. The fraction of sp³-hybridized carbons (Fsp3) is 0.403. The van der Waals surface area contributed by atoms with Crippen LogP contribution in [0.15, 0.2) is 103 Å². The Balaban J connectivity index is 1.36. The first-order valence-corrected chi connectivity index (χ1v) is 31.5. The van der Waals surface area contributed by atoms with Gasteiger partial charge in [0.15, 0.2) is 6.61 Å². The van der Waals surface area contributed by atoms with Crippen molar-refractivity contribution in [2.75, 3.05) is 82.4 Å². The van der Waals surface area contributed by atoms with Crippen molar-refractivity contribution in [3.05, 3.63) is 131 Å². The van der Waals surface area contributed by atoms with Crippen LogP contribution in [0.25, 0.3) is 0 Å². The Morgan fingerprint density at radius 3 is 1.05 bits per heavy atom. The number of ether oxygens (including phenoxy) is 4. The lowest BCUT2D eigenvalue weighted by atomic mass is 10.0. The van der Waals surface area contributed by atoms with Gasteiger partial charge in [-0.2, -0.15) is 0 Å². The van der Waals surface area contributed by atoms with Crippen molar-refractivity contribution in [3.63, 3.8) is 0 Å². The zero-order chi connectivity index (χ0) is 70.1. The van der Waals surface area contributed by atoms with E-state index in [0.717, 1.165) is 5.56 Å². The number of benzene rings is 5. The molecule has 0 bridgehead atoms. The topological polar surface area (TPSA) is 466 Å². The van der Waals surface area contributed by atoms with Gasteiger partial charge in [0.2, 0.25) is 29.5 Å². The molecule has 0 saturated carbocycles. The molecule has 0 aliphatic heterocycles. The summed E-state index contributed by atoms with van der Waals surface area (Å²) in [7, 11) is 5.67. The molecule has 0 fully saturated rings. The molecule has 518 valence electrons. The number of anilines is 4. The number of carboxylic acids is 1. The maximum Gasteiger partial charge on any atom is 0.341 e. The Hall–Kier alpha value is -10.2. The molecular formula is C67H90N14O15. The van der Waals surface area contributed by atoms with Gasteiger partial charge < -0.3 is 101 Å². The van der Waals surface area contributed by atoms with Gasteiger partial charge in [-0.1, -0.05) is 30.3 Å². The van der Waals surface area contributed by atoms with Crippen molar-refractivity contribution < 1.29 is 72.0 Å². The molecule has 96 heavy (non-hydrogen) atoms. The Labute approximate surface area is 557 Å². The van der Waals surface area contributed by atoms with Crippen LogP contribution in [-0.2, 0) is 35.2 Å². The summed E-state index contributed by atoms with van der Waals surface area (Å²) in [4.78, 5) is 137. The SMILES string of the molecule is CNC(Cc1ccccc1)C(=O)NC(CCCCN)C(=O)Nc1ccc(OC)c(C(=O)NC(CCCCN)C(=O)Nc2ccc(OC)c(C(=O)NC(CCCCN)C(=O)Nc3ccc(OCC(=O)O)c(C(=O)NC(CCCCN)C(=O)Nc4ccc(OC)c(C(N)=O)c4)c3)c2)c1. The number of nitrogens with one attached hydrogen (secondary N) is 9. The van der Waals surface area contributed by atoms with E-state index in [1.54, 1.807) is 7.05 Å². The van der Waals surface area contributed by atoms with E-state index in [1.165, 1.54) is 94.1 Å². The number of hydrogen-bond donors (Lipinski definition) is 15. The summed E-state index contributed by atoms with van der Waals surface area (Å²) in [5.74, 6) is -7.61. The average molecular weight is 1330 g/mol. The summed E-state index contributed by atoms with van der Waals surface area (Å²) >= 11 is 0. The normalized spacial score (nSPS) is 12.4. The van der Waals surface area contributed by atoms with E-state index in [1.807, 2.05) is 30.3 Å². The highest BCUT2D eigenvalue weighted by Crippen LogP contribution is 2.29. The number of nitrogens with two attached hydrogens (primary N) is 5. The largest absolute Gasteiger partial charge is 0.496 e. The van der Waals surface area contributed by atoms with Crippen LogP contribution >= 0.6 is 0 Å². The zero-order valence-corrected chi connectivity index (χ0v) is 54.5. The highest BCUT2D eigenvalue weighted by Gasteiger charge is 2.30. The van der Waals surface area contributed by atoms with E-state index in [0.29, 0.717) is 70.9 Å². The molecule has 0 aliphatic rings. The third-order valence-corrected chi connectivity index (χ3v) is 15.2. The Morgan fingerprint density at radius 2 is 0.729 bits per heavy atom. The van der Waals surface area contributed by atoms with Crippen molar-refractivity contribution in [1.29, 1.82) is 0 Å². The number of rotatable bonds is 42. The molecule has 5 aromatic rings. The molecule has 0 saturated heterocycles. The number of carbonyl (C=O) groups excluding carboxylic acids is 9. The first kappa shape index (κ1) is 76.5. The van der Waals surface area contributed by atoms with Gasteiger partial charge in [0.05, 0.1) is 49.6 Å². The summed E-state index contributed by atoms with van der Waals surface area (Å²) in [6.45, 7) is 0.342. The Morgan fingerprint density at radius 1 is 0.406 bits per heavy atom. The number of likely N-dealkylation sites (N-methyl/N-ethyl adjacent to an activating group) is 1. The average Bonchev–Trinajstić information content (AvgIpc) is 1.06. The summed E-state index contributed by atoms with van der Waals surface area (Å²) in [5, 5.41) is 34.6. The van der Waals surface area contributed by atoms with Gasteiger partial charge in [-0.15, -0.1) is 0 Å². The van der Waals surface area contributed by atoms with Crippen molar-refractivity contribution in [1.82, 2.24) is 26.6 Å². The van der Waals surface area contributed by atoms with Crippen molar-refractivity contribution in [3.8, 4) is 23.0 Å². The van der Waals surface area contributed by atoms with Gasteiger partial charge in [0.25, 0.3) is 23.6 Å². The van der Waals surface area contributed by atoms with E-state index in [4.69, 9.17) is 47.6 Å². The molecule has 5 aromatic carbocycles. The van der Waals surface area contributed by atoms with Crippen LogP contribution in [0.5, 0.6) is 23.0 Å². The fourth-order valence-corrected chi connectivity index (χ4v) is 10.1. The summed E-state index contributed by atoms with van der Waals surface area (Å²) in [6, 6.07) is 20.7. The minimum absolute atomic E-state index is 0.000801. The fourth-order valence-electron chi connectivity index (χ4n) is 10.1. The molecule has 0 heterocycles. The van der Waals surface area contributed by atoms with Crippen molar-refractivity contribution in [2.24, 2.45) is 28.7 Å². The highest BCUT2D eigenvalue weighted by atomic mass is 16.5. The molecule has 5 unspecified atom stereocenters. The third kappa shape index (κ3) is 24.0. The van der Waals surface area contributed by atoms with Gasteiger partial charge >= 0.3 is 5.97 Å². The van der Waals surface area contributed by atoms with E-state index >= 15 is 0 Å². The monoisotopic (exact) mass is 1330 g/mol. The molecule has 0 aromatic heterocycles. The summed E-state index contributed by atoms with van der Waals surface area (Å²) in [5.41, 5.74) is 29.6. The van der Waals surface area contributed by atoms with Gasteiger partial charge in [0.1, 0.15) is 47.2 Å². The molecule has 9 amide bonds. The number of carboxylic acid groups (broad SMARTS) is 1. The number of unbranched alkanes of at least 4 members (excludes halogenated alkanes) is 4. The number of carbonyl (C=O) groups is 10. The second-order valence-corrected chi connectivity index (χ2v) is 22.3. The number of aliphatic carboxylic acids is 1. The number of primary amides is 1. The maximum absolute atomic E-state index is 14.4. The van der Waals surface area contributed by atoms with Crippen LogP contribution in [0.3, 0.4) is 0 Å². The highest BCUT2D eigenvalue weighted by molar-refractivity contribution is 6.08. The smallest absolute Gasteiger partial charge is 0.341 e. The van der Waals surface area contributed by atoms with Crippen LogP contribution in [-0.4, -0.2) is 156 Å². The lowest BCUT2D eigenvalue weighted by molar-refractivity contribution is -0.139. The number of hydrogen-bond acceptors (Lipinski definition) is 19. The van der Waals surface area contributed by atoms with Gasteiger partial charge in [-0.25, -0.2) is 4.79 Å². The molecule has 29 nitrogen and oxygen atoms in total. The second-order valence-electron chi connectivity index (χ2n) is 22.3. The van der Waals surface area contributed by atoms with Crippen LogP contribution in [0.1, 0.15) is 124 Å². The van der Waals surface area contributed by atoms with Crippen LogP contribution in [0.4, 0.5) is 22.7 Å². The Bertz CT molecular complexity index is 3470. The van der Waals surface area contributed by atoms with Gasteiger partial charge in [-0.05, 0) is 195 Å². The van der Waals surface area contributed by atoms with Crippen LogP contribution in [0.2, 0.25) is 0 Å². The molecule has 5 rings (SSSR count). The minimum atomic E-state index is -1.37. The lowest BCUT2D eigenvalue weighted by Gasteiger charge is -2.23. The molecular weight excluding hydrogens is 1240 g/mol. The maximum atomic E-state index is 14.4. The van der Waals surface area contributed by atoms with Crippen LogP contribution < -0.4 is 95.5 Å². The van der Waals surface area contributed by atoms with E-state index < -0.39 is 90.0 Å². The molecule has 0 aliphatic carbocycles. The second kappa shape index (κ2) is 40.1. The minimum Gasteiger partial charge on any atom is -0.496 e. The van der Waals surface area contributed by atoms with E-state index in [9.17, 15) is 53.1 Å². The number of methoxy groups -OCH3 is 3. The quantitative estimate of drug-likeness (QED) is 0.0249. The van der Waals surface area contributed by atoms with Crippen molar-refractivity contribution in [2.45, 2.75) is 114 Å². The standard InChI is InChI=1S/C67H90N14O15/c1-73-53(34-40-16-6-5-7-17-40)67(92)81-52(21-11-15-33-71)66(91)76-43-24-28-56(95-4)47(37-43)61(86)78-49(18-8-12-30-68)64(89)75-42-23-27-55(94-3)46(36-42)60(85)79-50(19-9-13-31-69)65(90)77-44-25-29-57(96-39-58(82)83)48(38-44)62(87)80-51(20-10-14-32-70)63(88)74-41-22-26-54(93-2)45(35-41)59(72)84/h5-7,16-17,22-29,35-38,49-53,73H,8-15,18-21,30-34,39,68-71H2,1-4H3,(H2,72,84)(H,74,88)(H,75,89)(H,76,91)(H,77,90)(H,78,86)(H,79,85)(H,80,87)(H,81,92)(H,82,83). The zero-order valence-electron chi connectivity index (χ0n) is 54.5. The summed E-state index contributed by atoms with van der Waals surface area (Å²) < 4.78 is 21.8. The van der Waals surface area contributed by atoms with E-state index in [2.05, 4.69) is 47.9 Å². The first-order valence-electron chi connectivity index (χ1n) is 31.5. The Kier molecular flexibility index (Phi) is 32.0. The third-order valence-electron chi connectivity index (χ3n) is 15.2. The molecule has 5 atom stereocenters. The van der Waals surface area contributed by atoms with E-state index in [-0.39, 0.29) is 113 Å². The van der Waals surface area contributed by atoms with Gasteiger partial charge in [0, 0.05) is 22.7 Å². The van der Waals surface area contributed by atoms with Crippen LogP contribution in [0, 0.1) is 0 Å². The molecule has 0 spiro atoms. The first-order chi connectivity index (χ1) is 46.2. The molecule has 0 radical (unpaired) electrons.